The first-order valence-corrected chi connectivity index (χ1v) is 5.92. The van der Waals surface area contributed by atoms with Gasteiger partial charge in [-0.05, 0) is 24.2 Å². The van der Waals surface area contributed by atoms with Crippen molar-refractivity contribution in [3.63, 3.8) is 0 Å². The lowest BCUT2D eigenvalue weighted by Crippen LogP contribution is -2.59. The molecule has 0 aliphatic heterocycles. The number of nitro groups is 1. The van der Waals surface area contributed by atoms with E-state index in [1.165, 1.54) is 0 Å². The largest absolute Gasteiger partial charge is 0.329 e. The quantitative estimate of drug-likeness (QED) is 0.544. The normalized spacial score (nSPS) is 32.9. The van der Waals surface area contributed by atoms with Crippen LogP contribution in [0.25, 0.3) is 0 Å². The molecule has 1 fully saturated rings. The van der Waals surface area contributed by atoms with Gasteiger partial charge in [-0.2, -0.15) is 0 Å². The molecule has 0 saturated heterocycles. The summed E-state index contributed by atoms with van der Waals surface area (Å²) in [5.41, 5.74) is 5.03. The highest BCUT2D eigenvalue weighted by Gasteiger charge is 2.55. The van der Waals surface area contributed by atoms with Crippen molar-refractivity contribution in [1.82, 2.24) is 5.32 Å². The summed E-state index contributed by atoms with van der Waals surface area (Å²) in [6.45, 7) is 7.57. The second-order valence-corrected chi connectivity index (χ2v) is 5.45. The molecule has 0 aromatic carbocycles. The third kappa shape index (κ3) is 2.20. The molecule has 0 amide bonds. The van der Waals surface area contributed by atoms with E-state index in [1.807, 2.05) is 0 Å². The molecule has 0 heterocycles. The predicted molar refractivity (Wildman–Crippen MR) is 63.8 cm³/mol. The van der Waals surface area contributed by atoms with Crippen molar-refractivity contribution in [3.05, 3.63) is 10.1 Å². The van der Waals surface area contributed by atoms with Crippen molar-refractivity contribution in [2.75, 3.05) is 19.6 Å². The second-order valence-electron chi connectivity index (χ2n) is 5.45. The minimum atomic E-state index is -0.394. The molecule has 0 spiro atoms. The molecule has 1 rings (SSSR count). The summed E-state index contributed by atoms with van der Waals surface area (Å²) < 4.78 is 0. The second kappa shape index (κ2) is 4.67. The number of nitrogens with one attached hydrogen (secondary N) is 1. The van der Waals surface area contributed by atoms with E-state index in [0.29, 0.717) is 19.0 Å². The summed E-state index contributed by atoms with van der Waals surface area (Å²) in [6.07, 6.45) is 1.90. The fourth-order valence-electron chi connectivity index (χ4n) is 2.80. The first-order valence-electron chi connectivity index (χ1n) is 5.92. The maximum Gasteiger partial charge on any atom is 0.222 e. The van der Waals surface area contributed by atoms with E-state index in [2.05, 4.69) is 26.1 Å². The zero-order chi connectivity index (χ0) is 12.4. The summed E-state index contributed by atoms with van der Waals surface area (Å²) >= 11 is 0. The summed E-state index contributed by atoms with van der Waals surface area (Å²) in [7, 11) is 0. The molecule has 0 aromatic rings. The first-order chi connectivity index (χ1) is 7.35. The molecule has 1 saturated carbocycles. The van der Waals surface area contributed by atoms with Gasteiger partial charge in [-0.1, -0.05) is 20.8 Å². The van der Waals surface area contributed by atoms with Crippen LogP contribution in [0.4, 0.5) is 0 Å². The fourth-order valence-corrected chi connectivity index (χ4v) is 2.80. The number of hydrogen-bond acceptors (Lipinski definition) is 4. The molecule has 16 heavy (non-hydrogen) atoms. The maximum atomic E-state index is 10.9. The number of rotatable bonds is 5. The fraction of sp³-hybridized carbons (Fsp3) is 1.00. The number of hydrogen-bond donors (Lipinski definition) is 2. The highest BCUT2D eigenvalue weighted by molar-refractivity contribution is 5.07. The van der Waals surface area contributed by atoms with Gasteiger partial charge in [-0.3, -0.25) is 10.1 Å². The Balaban J connectivity index is 2.90. The molecule has 1 aliphatic rings. The van der Waals surface area contributed by atoms with Crippen molar-refractivity contribution in [3.8, 4) is 0 Å². The maximum absolute atomic E-state index is 10.9. The van der Waals surface area contributed by atoms with Crippen LogP contribution in [0.5, 0.6) is 0 Å². The Bertz CT molecular complexity index is 268. The highest BCUT2D eigenvalue weighted by Crippen LogP contribution is 2.49. The Morgan fingerprint density at radius 1 is 1.56 bits per heavy atom. The molecule has 0 radical (unpaired) electrons. The standard InChI is InChI=1S/C11H23N3O2/c1-9-4-5-11(8-14(15)16,10(9,2)3)13-7-6-12/h9,13H,4-8,12H2,1-3H3/t9-,11-/m1/s1. The van der Waals surface area contributed by atoms with Gasteiger partial charge in [0, 0.05) is 18.0 Å². The van der Waals surface area contributed by atoms with Gasteiger partial charge in [-0.15, -0.1) is 0 Å². The van der Waals surface area contributed by atoms with Gasteiger partial charge in [0.05, 0.1) is 5.54 Å². The first kappa shape index (κ1) is 13.4. The van der Waals surface area contributed by atoms with E-state index in [4.69, 9.17) is 5.73 Å². The lowest BCUT2D eigenvalue weighted by molar-refractivity contribution is -0.494. The van der Waals surface area contributed by atoms with Crippen molar-refractivity contribution < 1.29 is 4.92 Å². The SMILES string of the molecule is C[C@@H]1CC[C@](C[N+](=O)[O-])(NCCN)C1(C)C. The minimum Gasteiger partial charge on any atom is -0.329 e. The molecular weight excluding hydrogens is 206 g/mol. The smallest absolute Gasteiger partial charge is 0.222 e. The van der Waals surface area contributed by atoms with Gasteiger partial charge >= 0.3 is 0 Å². The Kier molecular flexibility index (Phi) is 3.91. The van der Waals surface area contributed by atoms with Gasteiger partial charge < -0.3 is 11.1 Å². The Hall–Kier alpha value is -0.680. The van der Waals surface area contributed by atoms with E-state index >= 15 is 0 Å². The van der Waals surface area contributed by atoms with Gasteiger partial charge in [0.25, 0.3) is 0 Å². The average molecular weight is 229 g/mol. The Morgan fingerprint density at radius 2 is 2.19 bits per heavy atom. The van der Waals surface area contributed by atoms with Crippen LogP contribution >= 0.6 is 0 Å². The van der Waals surface area contributed by atoms with Crippen molar-refractivity contribution in [2.45, 2.75) is 39.2 Å². The van der Waals surface area contributed by atoms with Gasteiger partial charge in [0.15, 0.2) is 0 Å². The molecule has 3 N–H and O–H groups in total. The third-order valence-corrected chi connectivity index (χ3v) is 4.48. The van der Waals surface area contributed by atoms with Gasteiger partial charge in [0.2, 0.25) is 6.54 Å². The Morgan fingerprint density at radius 3 is 2.56 bits per heavy atom. The average Bonchev–Trinajstić information content (AvgIpc) is 2.39. The van der Waals surface area contributed by atoms with E-state index in [-0.39, 0.29) is 16.9 Å². The predicted octanol–water partition coefficient (Wildman–Crippen LogP) is 1.01. The number of nitrogens with zero attached hydrogens (tertiary/aromatic N) is 1. The summed E-state index contributed by atoms with van der Waals surface area (Å²) in [5, 5.41) is 14.2. The Labute approximate surface area is 96.9 Å². The van der Waals surface area contributed by atoms with Crippen LogP contribution in [0.15, 0.2) is 0 Å². The molecule has 94 valence electrons. The lowest BCUT2D eigenvalue weighted by atomic mass is 9.70. The zero-order valence-corrected chi connectivity index (χ0v) is 10.5. The zero-order valence-electron chi connectivity index (χ0n) is 10.5. The van der Waals surface area contributed by atoms with Crippen LogP contribution in [0.2, 0.25) is 0 Å². The van der Waals surface area contributed by atoms with Crippen LogP contribution in [0, 0.1) is 21.4 Å². The highest BCUT2D eigenvalue weighted by atomic mass is 16.6. The van der Waals surface area contributed by atoms with E-state index in [9.17, 15) is 10.1 Å². The van der Waals surface area contributed by atoms with Gasteiger partial charge in [0.1, 0.15) is 0 Å². The van der Waals surface area contributed by atoms with E-state index in [1.54, 1.807) is 0 Å². The van der Waals surface area contributed by atoms with Crippen LogP contribution in [-0.4, -0.2) is 30.1 Å². The van der Waals surface area contributed by atoms with E-state index in [0.717, 1.165) is 12.8 Å². The molecule has 5 nitrogen and oxygen atoms in total. The number of nitrogens with two attached hydrogens (primary N) is 1. The van der Waals surface area contributed by atoms with Crippen LogP contribution in [0.3, 0.4) is 0 Å². The van der Waals surface area contributed by atoms with Crippen molar-refractivity contribution >= 4 is 0 Å². The molecule has 0 aromatic heterocycles. The van der Waals surface area contributed by atoms with Crippen molar-refractivity contribution in [1.29, 1.82) is 0 Å². The summed E-state index contributed by atoms with van der Waals surface area (Å²) in [5.74, 6) is 0.498. The van der Waals surface area contributed by atoms with Crippen LogP contribution < -0.4 is 11.1 Å². The minimum absolute atomic E-state index is 0.00958. The lowest BCUT2D eigenvalue weighted by Gasteiger charge is -2.41. The third-order valence-electron chi connectivity index (χ3n) is 4.48. The monoisotopic (exact) mass is 229 g/mol. The van der Waals surface area contributed by atoms with Crippen LogP contribution in [0.1, 0.15) is 33.6 Å². The molecule has 5 heteroatoms. The molecule has 2 atom stereocenters. The topological polar surface area (TPSA) is 81.2 Å². The summed E-state index contributed by atoms with van der Waals surface area (Å²) in [6, 6.07) is 0. The molecule has 0 unspecified atom stereocenters. The van der Waals surface area contributed by atoms with Gasteiger partial charge in [-0.25, -0.2) is 0 Å². The summed E-state index contributed by atoms with van der Waals surface area (Å²) in [4.78, 5) is 10.6. The van der Waals surface area contributed by atoms with Crippen LogP contribution in [-0.2, 0) is 0 Å². The molecular formula is C11H23N3O2. The molecule has 1 aliphatic carbocycles. The molecule has 0 bridgehead atoms. The van der Waals surface area contributed by atoms with Crippen molar-refractivity contribution in [2.24, 2.45) is 17.1 Å². The van der Waals surface area contributed by atoms with E-state index < -0.39 is 5.54 Å².